The number of benzene rings is 1. The Labute approximate surface area is 144 Å². The number of halogens is 1. The molecule has 2 aromatic rings. The van der Waals surface area contributed by atoms with E-state index in [9.17, 15) is 14.3 Å². The van der Waals surface area contributed by atoms with Crippen LogP contribution in [0, 0.1) is 18.7 Å². The molecule has 1 aliphatic rings. The van der Waals surface area contributed by atoms with E-state index in [1.54, 1.807) is 12.1 Å². The number of hydrogen-bond acceptors (Lipinski definition) is 4. The van der Waals surface area contributed by atoms with Crippen molar-refractivity contribution in [2.75, 3.05) is 0 Å². The Morgan fingerprint density at radius 1 is 1.38 bits per heavy atom. The maximum Gasteiger partial charge on any atom is 0.226 e. The molecule has 4 nitrogen and oxygen atoms in total. The summed E-state index contributed by atoms with van der Waals surface area (Å²) in [7, 11) is 0. The average Bonchev–Trinajstić information content (AvgIpc) is 3.14. The van der Waals surface area contributed by atoms with Gasteiger partial charge >= 0.3 is 0 Å². The van der Waals surface area contributed by atoms with E-state index in [4.69, 9.17) is 0 Å². The first kappa shape index (κ1) is 17.0. The molecule has 1 fully saturated rings. The van der Waals surface area contributed by atoms with Crippen LogP contribution in [0.4, 0.5) is 4.39 Å². The molecule has 1 saturated carbocycles. The molecule has 0 aliphatic heterocycles. The van der Waals surface area contributed by atoms with Gasteiger partial charge < -0.3 is 10.4 Å². The highest BCUT2D eigenvalue weighted by Gasteiger charge is 2.32. The summed E-state index contributed by atoms with van der Waals surface area (Å²) in [6.45, 7) is 3.83. The van der Waals surface area contributed by atoms with Gasteiger partial charge in [0.1, 0.15) is 10.8 Å². The summed E-state index contributed by atoms with van der Waals surface area (Å²) in [6, 6.07) is 6.07. The molecule has 0 saturated heterocycles. The van der Waals surface area contributed by atoms with Crippen LogP contribution >= 0.6 is 11.3 Å². The highest BCUT2D eigenvalue weighted by molar-refractivity contribution is 7.15. The van der Waals surface area contributed by atoms with Crippen LogP contribution in [0.3, 0.4) is 0 Å². The van der Waals surface area contributed by atoms with Gasteiger partial charge in [0.05, 0.1) is 28.6 Å². The Kier molecular flexibility index (Phi) is 4.96. The number of rotatable bonds is 4. The molecular weight excluding hydrogens is 327 g/mol. The van der Waals surface area contributed by atoms with Crippen molar-refractivity contribution in [1.82, 2.24) is 10.3 Å². The molecule has 128 valence electrons. The molecule has 3 atom stereocenters. The van der Waals surface area contributed by atoms with Crippen molar-refractivity contribution in [1.29, 1.82) is 0 Å². The van der Waals surface area contributed by atoms with Crippen molar-refractivity contribution >= 4 is 17.2 Å². The molecule has 1 aliphatic carbocycles. The molecule has 0 spiro atoms. The fraction of sp³-hybridized carbons (Fsp3) is 0.444. The molecule has 1 heterocycles. The lowest BCUT2D eigenvalue weighted by molar-refractivity contribution is -0.128. The third-order valence-electron chi connectivity index (χ3n) is 4.49. The van der Waals surface area contributed by atoms with Crippen molar-refractivity contribution in [3.8, 4) is 10.6 Å². The van der Waals surface area contributed by atoms with Gasteiger partial charge in [-0.15, -0.1) is 11.3 Å². The average molecular weight is 348 g/mol. The van der Waals surface area contributed by atoms with E-state index in [0.29, 0.717) is 6.42 Å². The Balaban J connectivity index is 1.74. The Hall–Kier alpha value is -1.79. The molecule has 1 aromatic carbocycles. The second-order valence-electron chi connectivity index (χ2n) is 6.31. The zero-order chi connectivity index (χ0) is 17.3. The molecular formula is C18H21FN2O2S. The Bertz CT molecular complexity index is 729. The van der Waals surface area contributed by atoms with E-state index in [-0.39, 0.29) is 23.7 Å². The minimum absolute atomic E-state index is 0.0939. The van der Waals surface area contributed by atoms with Crippen LogP contribution in [0.25, 0.3) is 10.6 Å². The van der Waals surface area contributed by atoms with Crippen LogP contribution in [0.15, 0.2) is 24.3 Å². The second kappa shape index (κ2) is 6.99. The highest BCUT2D eigenvalue weighted by Crippen LogP contribution is 2.33. The number of aromatic nitrogens is 1. The monoisotopic (exact) mass is 348 g/mol. The van der Waals surface area contributed by atoms with Gasteiger partial charge in [-0.1, -0.05) is 0 Å². The van der Waals surface area contributed by atoms with Gasteiger partial charge in [-0.05, 0) is 57.4 Å². The summed E-state index contributed by atoms with van der Waals surface area (Å²) in [5.41, 5.74) is 1.72. The lowest BCUT2D eigenvalue weighted by Crippen LogP contribution is -2.36. The van der Waals surface area contributed by atoms with Crippen LogP contribution in [-0.4, -0.2) is 22.1 Å². The van der Waals surface area contributed by atoms with E-state index in [0.717, 1.165) is 34.0 Å². The van der Waals surface area contributed by atoms with Crippen LogP contribution < -0.4 is 5.32 Å². The minimum Gasteiger partial charge on any atom is -0.392 e. The summed E-state index contributed by atoms with van der Waals surface area (Å²) in [5, 5.41) is 13.7. The van der Waals surface area contributed by atoms with Gasteiger partial charge in [-0.2, -0.15) is 0 Å². The number of nitrogens with one attached hydrogen (secondary N) is 1. The fourth-order valence-corrected chi connectivity index (χ4v) is 4.23. The maximum atomic E-state index is 13.1. The van der Waals surface area contributed by atoms with Crippen molar-refractivity contribution in [2.45, 2.75) is 45.3 Å². The Morgan fingerprint density at radius 3 is 2.71 bits per heavy atom. The predicted molar refractivity (Wildman–Crippen MR) is 92.2 cm³/mol. The van der Waals surface area contributed by atoms with Gasteiger partial charge in [-0.3, -0.25) is 4.79 Å². The fourth-order valence-electron chi connectivity index (χ4n) is 3.16. The van der Waals surface area contributed by atoms with E-state index in [1.807, 2.05) is 13.8 Å². The molecule has 3 unspecified atom stereocenters. The van der Waals surface area contributed by atoms with E-state index in [2.05, 4.69) is 10.3 Å². The normalized spacial score (nSPS) is 21.7. The standard InChI is InChI=1S/C18H21FN2O2S/c1-10(20-17(23)14-4-3-5-15(14)22)16-11(2)21-18(24-16)12-6-8-13(19)9-7-12/h6-10,14-15,22H,3-5H2,1-2H3,(H,20,23). The van der Waals surface area contributed by atoms with Gasteiger partial charge in [0, 0.05) is 5.56 Å². The third kappa shape index (κ3) is 3.49. The van der Waals surface area contributed by atoms with Crippen LogP contribution in [-0.2, 0) is 4.79 Å². The maximum absolute atomic E-state index is 13.1. The number of hydrogen-bond donors (Lipinski definition) is 2. The number of carbonyl (C=O) groups excluding carboxylic acids is 1. The topological polar surface area (TPSA) is 62.2 Å². The van der Waals surface area contributed by atoms with Crippen LogP contribution in [0.1, 0.15) is 42.8 Å². The van der Waals surface area contributed by atoms with Crippen molar-refractivity contribution in [2.24, 2.45) is 5.92 Å². The zero-order valence-corrected chi connectivity index (χ0v) is 14.6. The minimum atomic E-state index is -0.533. The number of aliphatic hydroxyl groups excluding tert-OH is 1. The number of amides is 1. The summed E-state index contributed by atoms with van der Waals surface area (Å²) in [4.78, 5) is 17.9. The quantitative estimate of drug-likeness (QED) is 0.887. The van der Waals surface area contributed by atoms with Crippen LogP contribution in [0.5, 0.6) is 0 Å². The van der Waals surface area contributed by atoms with Gasteiger partial charge in [0.15, 0.2) is 0 Å². The van der Waals surface area contributed by atoms with Crippen molar-refractivity contribution in [3.63, 3.8) is 0 Å². The van der Waals surface area contributed by atoms with E-state index >= 15 is 0 Å². The number of carbonyl (C=O) groups is 1. The number of aliphatic hydroxyl groups is 1. The van der Waals surface area contributed by atoms with E-state index in [1.165, 1.54) is 23.5 Å². The van der Waals surface area contributed by atoms with Crippen molar-refractivity contribution < 1.29 is 14.3 Å². The first-order valence-corrected chi connectivity index (χ1v) is 8.99. The second-order valence-corrected chi connectivity index (χ2v) is 7.34. The van der Waals surface area contributed by atoms with Crippen LogP contribution in [0.2, 0.25) is 0 Å². The summed E-state index contributed by atoms with van der Waals surface area (Å²) in [6.07, 6.45) is 1.79. The van der Waals surface area contributed by atoms with E-state index < -0.39 is 6.10 Å². The summed E-state index contributed by atoms with van der Waals surface area (Å²) < 4.78 is 13.1. The molecule has 6 heteroatoms. The number of aryl methyl sites for hydroxylation is 1. The number of nitrogens with zero attached hydrogens (tertiary/aromatic N) is 1. The molecule has 3 rings (SSSR count). The smallest absolute Gasteiger partial charge is 0.226 e. The molecule has 1 aromatic heterocycles. The molecule has 1 amide bonds. The first-order chi connectivity index (χ1) is 11.5. The first-order valence-electron chi connectivity index (χ1n) is 8.17. The summed E-state index contributed by atoms with van der Waals surface area (Å²) in [5.74, 6) is -0.677. The largest absolute Gasteiger partial charge is 0.392 e. The molecule has 24 heavy (non-hydrogen) atoms. The Morgan fingerprint density at radius 2 is 2.08 bits per heavy atom. The number of thiazole rings is 1. The lowest BCUT2D eigenvalue weighted by Gasteiger charge is -2.18. The van der Waals surface area contributed by atoms with Gasteiger partial charge in [0.2, 0.25) is 5.91 Å². The SMILES string of the molecule is Cc1nc(-c2ccc(F)cc2)sc1C(C)NC(=O)C1CCCC1O. The van der Waals surface area contributed by atoms with Crippen molar-refractivity contribution in [3.05, 3.63) is 40.7 Å². The predicted octanol–water partition coefficient (Wildman–Crippen LogP) is 3.60. The molecule has 2 N–H and O–H groups in total. The third-order valence-corrected chi connectivity index (χ3v) is 5.88. The van der Waals surface area contributed by atoms with Gasteiger partial charge in [-0.25, -0.2) is 9.37 Å². The molecule has 0 radical (unpaired) electrons. The summed E-state index contributed by atoms with van der Waals surface area (Å²) >= 11 is 1.50. The highest BCUT2D eigenvalue weighted by atomic mass is 32.1. The molecule has 0 bridgehead atoms. The lowest BCUT2D eigenvalue weighted by atomic mass is 10.0. The van der Waals surface area contributed by atoms with Gasteiger partial charge in [0.25, 0.3) is 0 Å². The zero-order valence-electron chi connectivity index (χ0n) is 13.8.